The van der Waals surface area contributed by atoms with Crippen LogP contribution in [0.4, 0.5) is 0 Å². The van der Waals surface area contributed by atoms with Gasteiger partial charge < -0.3 is 20.8 Å². The van der Waals surface area contributed by atoms with Crippen molar-refractivity contribution in [2.45, 2.75) is 6.61 Å². The van der Waals surface area contributed by atoms with Crippen LogP contribution < -0.4 is 10.5 Å². The molecular weight excluding hydrogens is 324 g/mol. The molecule has 0 atom stereocenters. The van der Waals surface area contributed by atoms with Crippen LogP contribution in [0.5, 0.6) is 11.5 Å². The molecule has 0 saturated carbocycles. The summed E-state index contributed by atoms with van der Waals surface area (Å²) in [5, 5.41) is 21.0. The Bertz CT molecular complexity index is 644. The quantitative estimate of drug-likeness (QED) is 0.346. The Labute approximate surface area is 124 Å². The number of rotatable bonds is 4. The maximum absolute atomic E-state index is 9.12. The van der Waals surface area contributed by atoms with Crippen molar-refractivity contribution in [3.63, 3.8) is 0 Å². The fraction of sp³-hybridized carbons (Fsp3) is 0.0714. The van der Waals surface area contributed by atoms with E-state index in [1.54, 1.807) is 42.5 Å². The molecule has 0 saturated heterocycles. The highest BCUT2D eigenvalue weighted by Gasteiger charge is 2.13. The molecule has 2 rings (SSSR count). The van der Waals surface area contributed by atoms with Gasteiger partial charge >= 0.3 is 0 Å². The molecule has 5 nitrogen and oxygen atoms in total. The van der Waals surface area contributed by atoms with Crippen molar-refractivity contribution in [3.8, 4) is 11.5 Å². The van der Waals surface area contributed by atoms with E-state index in [4.69, 9.17) is 20.8 Å². The van der Waals surface area contributed by atoms with E-state index in [-0.39, 0.29) is 12.4 Å². The van der Waals surface area contributed by atoms with Gasteiger partial charge in [0, 0.05) is 4.47 Å². The number of aliphatic hydroxyl groups is 1. The largest absolute Gasteiger partial charge is 0.457 e. The Morgan fingerprint density at radius 3 is 2.70 bits per heavy atom. The van der Waals surface area contributed by atoms with Gasteiger partial charge in [-0.25, -0.2) is 0 Å². The van der Waals surface area contributed by atoms with Crippen molar-refractivity contribution < 1.29 is 15.1 Å². The van der Waals surface area contributed by atoms with Crippen LogP contribution in [0.15, 0.2) is 52.1 Å². The second-order valence-corrected chi connectivity index (χ2v) is 4.86. The van der Waals surface area contributed by atoms with Gasteiger partial charge in [-0.1, -0.05) is 23.4 Å². The van der Waals surface area contributed by atoms with Crippen LogP contribution in [0, 0.1) is 0 Å². The summed E-state index contributed by atoms with van der Waals surface area (Å²) in [5.41, 5.74) is 6.86. The molecule has 2 aromatic carbocycles. The van der Waals surface area contributed by atoms with Crippen molar-refractivity contribution in [1.82, 2.24) is 0 Å². The second kappa shape index (κ2) is 6.40. The van der Waals surface area contributed by atoms with E-state index in [0.29, 0.717) is 21.5 Å². The summed E-state index contributed by atoms with van der Waals surface area (Å²) in [7, 11) is 0. The minimum absolute atomic E-state index is 0.0502. The molecule has 2 aromatic rings. The minimum atomic E-state index is -0.0667. The molecule has 0 heterocycles. The lowest BCUT2D eigenvalue weighted by Gasteiger charge is -2.12. The van der Waals surface area contributed by atoms with E-state index in [2.05, 4.69) is 21.1 Å². The van der Waals surface area contributed by atoms with Crippen molar-refractivity contribution in [1.29, 1.82) is 0 Å². The predicted octanol–water partition coefficient (Wildman–Crippen LogP) is 2.83. The van der Waals surface area contributed by atoms with E-state index >= 15 is 0 Å². The van der Waals surface area contributed by atoms with E-state index in [1.165, 1.54) is 0 Å². The normalized spacial score (nSPS) is 11.4. The summed E-state index contributed by atoms with van der Waals surface area (Å²) in [5.74, 6) is 0.956. The lowest BCUT2D eigenvalue weighted by molar-refractivity contribution is 0.281. The molecule has 0 aliphatic rings. The van der Waals surface area contributed by atoms with Crippen molar-refractivity contribution in [2.24, 2.45) is 10.9 Å². The van der Waals surface area contributed by atoms with Crippen molar-refractivity contribution in [2.75, 3.05) is 0 Å². The summed E-state index contributed by atoms with van der Waals surface area (Å²) in [4.78, 5) is 0. The zero-order valence-corrected chi connectivity index (χ0v) is 12.0. The lowest BCUT2D eigenvalue weighted by Crippen LogP contribution is -2.15. The Hall–Kier alpha value is -2.05. The first-order chi connectivity index (χ1) is 9.65. The van der Waals surface area contributed by atoms with Gasteiger partial charge in [-0.3, -0.25) is 0 Å². The van der Waals surface area contributed by atoms with Gasteiger partial charge in [0.25, 0.3) is 0 Å². The maximum atomic E-state index is 9.12. The Morgan fingerprint density at radius 1 is 1.25 bits per heavy atom. The van der Waals surface area contributed by atoms with Gasteiger partial charge in [0.15, 0.2) is 5.84 Å². The van der Waals surface area contributed by atoms with E-state index < -0.39 is 0 Å². The molecule has 6 heteroatoms. The number of nitrogens with zero attached hydrogens (tertiary/aromatic N) is 1. The first kappa shape index (κ1) is 14.4. The number of halogens is 1. The molecule has 20 heavy (non-hydrogen) atoms. The highest BCUT2D eigenvalue weighted by atomic mass is 79.9. The third-order valence-electron chi connectivity index (χ3n) is 2.65. The van der Waals surface area contributed by atoms with E-state index in [1.807, 2.05) is 0 Å². The monoisotopic (exact) mass is 336 g/mol. The molecule has 104 valence electrons. The Kier molecular flexibility index (Phi) is 4.60. The molecule has 0 fully saturated rings. The number of aliphatic hydroxyl groups excluding tert-OH is 1. The average molecular weight is 337 g/mol. The van der Waals surface area contributed by atoms with Crippen molar-refractivity contribution in [3.05, 3.63) is 58.1 Å². The number of hydrogen-bond acceptors (Lipinski definition) is 4. The minimum Gasteiger partial charge on any atom is -0.457 e. The van der Waals surface area contributed by atoms with Gasteiger partial charge in [-0.15, -0.1) is 0 Å². The van der Waals surface area contributed by atoms with Crippen LogP contribution in [0.2, 0.25) is 0 Å². The summed E-state index contributed by atoms with van der Waals surface area (Å²) >= 11 is 3.34. The number of ether oxygens (including phenoxy) is 1. The first-order valence-electron chi connectivity index (χ1n) is 5.79. The number of amidine groups is 1. The number of benzene rings is 2. The number of nitrogens with two attached hydrogens (primary N) is 1. The van der Waals surface area contributed by atoms with Crippen LogP contribution in [0.3, 0.4) is 0 Å². The summed E-state index contributed by atoms with van der Waals surface area (Å²) < 4.78 is 6.40. The highest BCUT2D eigenvalue weighted by molar-refractivity contribution is 9.10. The third-order valence-corrected chi connectivity index (χ3v) is 3.31. The molecular formula is C14H13BrN2O3. The summed E-state index contributed by atoms with van der Waals surface area (Å²) in [6, 6.07) is 12.3. The van der Waals surface area contributed by atoms with Crippen LogP contribution in [0.25, 0.3) is 0 Å². The fourth-order valence-corrected chi connectivity index (χ4v) is 2.27. The summed E-state index contributed by atoms with van der Waals surface area (Å²) in [6.07, 6.45) is 0. The topological polar surface area (TPSA) is 88.1 Å². The van der Waals surface area contributed by atoms with Crippen LogP contribution in [-0.2, 0) is 6.61 Å². The average Bonchev–Trinajstić information content (AvgIpc) is 2.47. The van der Waals surface area contributed by atoms with E-state index in [9.17, 15) is 0 Å². The molecule has 0 aromatic heterocycles. The molecule has 0 aliphatic heterocycles. The summed E-state index contributed by atoms with van der Waals surface area (Å²) in [6.45, 7) is -0.0667. The number of oxime groups is 1. The van der Waals surface area contributed by atoms with Gasteiger partial charge in [0.1, 0.15) is 11.5 Å². The first-order valence-corrected chi connectivity index (χ1v) is 6.59. The zero-order valence-electron chi connectivity index (χ0n) is 10.5. The van der Waals surface area contributed by atoms with Crippen LogP contribution in [0.1, 0.15) is 11.1 Å². The smallest absolute Gasteiger partial charge is 0.175 e. The highest BCUT2D eigenvalue weighted by Crippen LogP contribution is 2.30. The third kappa shape index (κ3) is 3.09. The van der Waals surface area contributed by atoms with Crippen LogP contribution in [-0.4, -0.2) is 16.1 Å². The maximum Gasteiger partial charge on any atom is 0.175 e. The lowest BCUT2D eigenvalue weighted by atomic mass is 10.2. The molecule has 0 amide bonds. The molecule has 0 unspecified atom stereocenters. The predicted molar refractivity (Wildman–Crippen MR) is 79.1 cm³/mol. The Balaban J connectivity index is 2.40. The standard InChI is InChI=1S/C14H13BrN2O3/c15-11-5-2-6-12(13(11)14(16)17-19)20-10-4-1-3-9(7-10)8-18/h1-7,18-19H,8H2,(H2,16,17). The van der Waals surface area contributed by atoms with Crippen LogP contribution >= 0.6 is 15.9 Å². The van der Waals surface area contributed by atoms with Gasteiger partial charge in [-0.05, 0) is 45.8 Å². The van der Waals surface area contributed by atoms with Gasteiger partial charge in [-0.2, -0.15) is 0 Å². The molecule has 0 aliphatic carbocycles. The second-order valence-electron chi connectivity index (χ2n) is 4.01. The molecule has 0 spiro atoms. The zero-order chi connectivity index (χ0) is 14.5. The molecule has 4 N–H and O–H groups in total. The fourth-order valence-electron chi connectivity index (χ4n) is 1.72. The Morgan fingerprint density at radius 2 is 2.00 bits per heavy atom. The van der Waals surface area contributed by atoms with E-state index in [0.717, 1.165) is 5.56 Å². The SMILES string of the molecule is N/C(=N/O)c1c(Br)cccc1Oc1cccc(CO)c1. The molecule has 0 bridgehead atoms. The van der Waals surface area contributed by atoms with Gasteiger partial charge in [0.05, 0.1) is 12.2 Å². The number of hydrogen-bond donors (Lipinski definition) is 3. The van der Waals surface area contributed by atoms with Gasteiger partial charge in [0.2, 0.25) is 0 Å². The van der Waals surface area contributed by atoms with Crippen molar-refractivity contribution >= 4 is 21.8 Å². The molecule has 0 radical (unpaired) electrons.